The predicted molar refractivity (Wildman–Crippen MR) is 91.5 cm³/mol. The Hall–Kier alpha value is -1.53. The standard InChI is InChI=1S/C17H13NO3S.Na/c19-14(20)11-22-17-18-15(12-7-3-1-4-8-12)16(21-17)13-9-5-2-6-10-13;/h1-10H,11H2,(H,19,20);. The van der Waals surface area contributed by atoms with E-state index in [1.165, 1.54) is 0 Å². The van der Waals surface area contributed by atoms with Gasteiger partial charge in [0.25, 0.3) is 5.22 Å². The number of oxazole rings is 1. The zero-order chi connectivity index (χ0) is 15.4. The van der Waals surface area contributed by atoms with Gasteiger partial charge in [-0.1, -0.05) is 72.4 Å². The first-order valence-corrected chi connectivity index (χ1v) is 7.69. The fourth-order valence-corrected chi connectivity index (χ4v) is 2.61. The van der Waals surface area contributed by atoms with Crippen LogP contribution in [0.5, 0.6) is 0 Å². The van der Waals surface area contributed by atoms with Gasteiger partial charge in [0.2, 0.25) is 0 Å². The van der Waals surface area contributed by atoms with Crippen LogP contribution in [0.1, 0.15) is 0 Å². The Morgan fingerprint density at radius 2 is 1.57 bits per heavy atom. The van der Waals surface area contributed by atoms with Crippen LogP contribution in [-0.2, 0) is 4.79 Å². The van der Waals surface area contributed by atoms with Crippen molar-refractivity contribution < 1.29 is 14.3 Å². The first kappa shape index (κ1) is 17.8. The van der Waals surface area contributed by atoms with Crippen LogP contribution >= 0.6 is 11.8 Å². The van der Waals surface area contributed by atoms with Crippen LogP contribution in [0.25, 0.3) is 22.6 Å². The number of aliphatic carboxylic acids is 1. The Morgan fingerprint density at radius 1 is 1.00 bits per heavy atom. The van der Waals surface area contributed by atoms with E-state index in [0.29, 0.717) is 11.0 Å². The Bertz CT molecular complexity index is 718. The second kappa shape index (κ2) is 8.36. The summed E-state index contributed by atoms with van der Waals surface area (Å²) >= 11 is 1.08. The van der Waals surface area contributed by atoms with E-state index in [-0.39, 0.29) is 35.3 Å². The molecule has 0 unspecified atom stereocenters. The molecular weight excluding hydrogens is 321 g/mol. The molecule has 1 heterocycles. The number of hydrogen-bond donors (Lipinski definition) is 1. The fraction of sp³-hybridized carbons (Fsp3) is 0.0588. The van der Waals surface area contributed by atoms with E-state index >= 15 is 0 Å². The number of carboxylic acid groups (broad SMARTS) is 1. The summed E-state index contributed by atoms with van der Waals surface area (Å²) in [5, 5.41) is 9.16. The van der Waals surface area contributed by atoms with Crippen molar-refractivity contribution in [3.8, 4) is 22.6 Å². The summed E-state index contributed by atoms with van der Waals surface area (Å²) in [6, 6.07) is 19.4. The molecule has 0 aliphatic heterocycles. The number of hydrogen-bond acceptors (Lipinski definition) is 4. The third-order valence-electron chi connectivity index (χ3n) is 3.01. The SMILES string of the molecule is O=C(O)CSc1nc(-c2ccccc2)c(-c2ccccc2)o1.[Na]. The summed E-state index contributed by atoms with van der Waals surface area (Å²) in [6.07, 6.45) is 0. The molecule has 0 amide bonds. The van der Waals surface area contributed by atoms with Crippen LogP contribution in [0, 0.1) is 0 Å². The Kier molecular flexibility index (Phi) is 6.47. The second-order valence-electron chi connectivity index (χ2n) is 4.57. The molecule has 23 heavy (non-hydrogen) atoms. The first-order chi connectivity index (χ1) is 10.7. The number of rotatable bonds is 5. The minimum absolute atomic E-state index is 0. The predicted octanol–water partition coefficient (Wildman–Crippen LogP) is 3.80. The number of carboxylic acids is 1. The van der Waals surface area contributed by atoms with Crippen molar-refractivity contribution in [2.24, 2.45) is 0 Å². The van der Waals surface area contributed by atoms with Crippen LogP contribution in [0.2, 0.25) is 0 Å². The Balaban J connectivity index is 0.00000192. The van der Waals surface area contributed by atoms with Gasteiger partial charge >= 0.3 is 5.97 Å². The first-order valence-electron chi connectivity index (χ1n) is 6.70. The Morgan fingerprint density at radius 3 is 2.13 bits per heavy atom. The van der Waals surface area contributed by atoms with Crippen LogP contribution in [0.4, 0.5) is 0 Å². The van der Waals surface area contributed by atoms with Gasteiger partial charge in [0.15, 0.2) is 5.76 Å². The molecular formula is C17H13NNaO3S. The van der Waals surface area contributed by atoms with Crippen molar-refractivity contribution in [1.82, 2.24) is 4.98 Å². The van der Waals surface area contributed by atoms with E-state index in [1.807, 2.05) is 60.7 Å². The molecule has 111 valence electrons. The summed E-state index contributed by atoms with van der Waals surface area (Å²) in [4.78, 5) is 15.2. The zero-order valence-electron chi connectivity index (χ0n) is 12.6. The number of carbonyl (C=O) groups is 1. The third kappa shape index (κ3) is 4.48. The van der Waals surface area contributed by atoms with Crippen molar-refractivity contribution in [2.45, 2.75) is 5.22 Å². The van der Waals surface area contributed by atoms with Gasteiger partial charge in [-0.05, 0) is 0 Å². The fourth-order valence-electron chi connectivity index (χ4n) is 2.06. The van der Waals surface area contributed by atoms with E-state index in [4.69, 9.17) is 9.52 Å². The topological polar surface area (TPSA) is 63.3 Å². The summed E-state index contributed by atoms with van der Waals surface area (Å²) < 4.78 is 5.79. The molecule has 4 nitrogen and oxygen atoms in total. The molecule has 1 N–H and O–H groups in total. The van der Waals surface area contributed by atoms with Gasteiger partial charge in [0.1, 0.15) is 11.4 Å². The quantitative estimate of drug-likeness (QED) is 0.568. The van der Waals surface area contributed by atoms with Gasteiger partial charge < -0.3 is 9.52 Å². The average molecular weight is 334 g/mol. The van der Waals surface area contributed by atoms with Crippen LogP contribution in [0.15, 0.2) is 70.3 Å². The third-order valence-corrected chi connectivity index (χ3v) is 3.82. The van der Waals surface area contributed by atoms with Gasteiger partial charge in [-0.15, -0.1) is 0 Å². The van der Waals surface area contributed by atoms with E-state index in [9.17, 15) is 4.79 Å². The minimum atomic E-state index is -0.897. The summed E-state index contributed by atoms with van der Waals surface area (Å²) in [5.41, 5.74) is 2.57. The van der Waals surface area contributed by atoms with Crippen molar-refractivity contribution in [1.29, 1.82) is 0 Å². The number of thioether (sulfide) groups is 1. The number of benzene rings is 2. The van der Waals surface area contributed by atoms with Crippen LogP contribution in [-0.4, -0.2) is 51.4 Å². The molecule has 0 saturated heterocycles. The molecule has 3 aromatic rings. The average Bonchev–Trinajstić information content (AvgIpc) is 2.99. The van der Waals surface area contributed by atoms with Crippen molar-refractivity contribution >= 4 is 47.3 Å². The number of aromatic nitrogens is 1. The smallest absolute Gasteiger partial charge is 0.314 e. The van der Waals surface area contributed by atoms with Crippen LogP contribution in [0.3, 0.4) is 0 Å². The zero-order valence-corrected chi connectivity index (χ0v) is 15.4. The molecule has 3 rings (SSSR count). The number of nitrogens with zero attached hydrogens (tertiary/aromatic N) is 1. The molecule has 0 spiro atoms. The Labute approximate surface area is 160 Å². The second-order valence-corrected chi connectivity index (χ2v) is 5.50. The summed E-state index contributed by atoms with van der Waals surface area (Å²) in [6.45, 7) is 0. The van der Waals surface area contributed by atoms with E-state index in [1.54, 1.807) is 0 Å². The molecule has 0 aliphatic carbocycles. The van der Waals surface area contributed by atoms with E-state index in [0.717, 1.165) is 28.6 Å². The van der Waals surface area contributed by atoms with Gasteiger partial charge in [-0.2, -0.15) is 0 Å². The molecule has 0 atom stereocenters. The molecule has 0 saturated carbocycles. The van der Waals surface area contributed by atoms with Gasteiger partial charge in [0, 0.05) is 40.7 Å². The molecule has 0 fully saturated rings. The molecule has 0 aliphatic rings. The molecule has 1 radical (unpaired) electrons. The summed E-state index contributed by atoms with van der Waals surface area (Å²) in [7, 11) is 0. The van der Waals surface area contributed by atoms with Crippen molar-refractivity contribution in [2.75, 3.05) is 5.75 Å². The van der Waals surface area contributed by atoms with Gasteiger partial charge in [0.05, 0.1) is 0 Å². The van der Waals surface area contributed by atoms with Gasteiger partial charge in [-0.3, -0.25) is 4.79 Å². The van der Waals surface area contributed by atoms with Crippen molar-refractivity contribution in [3.63, 3.8) is 0 Å². The maximum atomic E-state index is 10.7. The van der Waals surface area contributed by atoms with Crippen LogP contribution < -0.4 is 0 Å². The maximum Gasteiger partial charge on any atom is 0.314 e. The summed E-state index contributed by atoms with van der Waals surface area (Å²) in [5.74, 6) is -0.325. The molecule has 0 bridgehead atoms. The monoisotopic (exact) mass is 334 g/mol. The molecule has 2 aromatic carbocycles. The molecule has 6 heteroatoms. The minimum Gasteiger partial charge on any atom is -0.481 e. The van der Waals surface area contributed by atoms with Crippen molar-refractivity contribution in [3.05, 3.63) is 60.7 Å². The maximum absolute atomic E-state index is 10.7. The normalized spacial score (nSPS) is 10.1. The van der Waals surface area contributed by atoms with Gasteiger partial charge in [-0.25, -0.2) is 4.98 Å². The van der Waals surface area contributed by atoms with E-state index in [2.05, 4.69) is 4.98 Å². The molecule has 1 aromatic heterocycles. The largest absolute Gasteiger partial charge is 0.481 e. The van der Waals surface area contributed by atoms with E-state index < -0.39 is 5.97 Å².